The van der Waals surface area contributed by atoms with Gasteiger partial charge in [-0.1, -0.05) is 30.4 Å². The van der Waals surface area contributed by atoms with Crippen molar-refractivity contribution in [1.29, 1.82) is 0 Å². The Balaban J connectivity index is 1.73. The molecule has 1 aliphatic heterocycles. The summed E-state index contributed by atoms with van der Waals surface area (Å²) in [7, 11) is 0. The Morgan fingerprint density at radius 2 is 2.15 bits per heavy atom. The van der Waals surface area contributed by atoms with Crippen LogP contribution in [0.15, 0.2) is 29.2 Å². The molecule has 0 fully saturated rings. The zero-order chi connectivity index (χ0) is 18.5. The summed E-state index contributed by atoms with van der Waals surface area (Å²) in [5.41, 5.74) is 1.69. The Kier molecular flexibility index (Phi) is 6.16. The van der Waals surface area contributed by atoms with Crippen molar-refractivity contribution in [2.75, 3.05) is 24.2 Å². The molecule has 1 aromatic heterocycles. The molecule has 138 valence electrons. The average molecular weight is 392 g/mol. The van der Waals surface area contributed by atoms with E-state index in [1.54, 1.807) is 18.7 Å². The molecule has 2 aromatic rings. The van der Waals surface area contributed by atoms with Crippen molar-refractivity contribution in [3.8, 4) is 0 Å². The molecule has 6 nitrogen and oxygen atoms in total. The third-order valence-corrected chi connectivity index (χ3v) is 5.87. The van der Waals surface area contributed by atoms with Crippen molar-refractivity contribution in [2.45, 2.75) is 31.7 Å². The van der Waals surface area contributed by atoms with Crippen molar-refractivity contribution in [1.82, 2.24) is 9.88 Å². The molecule has 3 rings (SSSR count). The Morgan fingerprint density at radius 1 is 1.35 bits per heavy atom. The number of benzene rings is 1. The lowest BCUT2D eigenvalue weighted by molar-refractivity contribution is 0.0732. The van der Waals surface area contributed by atoms with Crippen LogP contribution >= 0.6 is 23.1 Å². The zero-order valence-corrected chi connectivity index (χ0v) is 16.4. The first-order valence-corrected chi connectivity index (χ1v) is 10.4. The summed E-state index contributed by atoms with van der Waals surface area (Å²) in [5, 5.41) is 3.16. The number of carbonyl (C=O) groups is 2. The highest BCUT2D eigenvalue weighted by atomic mass is 32.2. The maximum atomic E-state index is 13.0. The third kappa shape index (κ3) is 4.19. The number of hydrogen-bond donors (Lipinski definition) is 1. The van der Waals surface area contributed by atoms with Gasteiger partial charge in [-0.25, -0.2) is 9.78 Å². The van der Waals surface area contributed by atoms with Gasteiger partial charge in [0.15, 0.2) is 5.13 Å². The van der Waals surface area contributed by atoms with Gasteiger partial charge >= 0.3 is 6.09 Å². The van der Waals surface area contributed by atoms with Gasteiger partial charge in [-0.05, 0) is 24.8 Å². The predicted octanol–water partition coefficient (Wildman–Crippen LogP) is 4.02. The Bertz CT molecular complexity index is 807. The van der Waals surface area contributed by atoms with Crippen molar-refractivity contribution in [2.24, 2.45) is 0 Å². The lowest BCUT2D eigenvalue weighted by atomic mass is 10.1. The minimum atomic E-state index is -0.503. The number of nitrogens with one attached hydrogen (secondary N) is 1. The number of ether oxygens (including phenoxy) is 1. The van der Waals surface area contributed by atoms with Crippen molar-refractivity contribution in [3.05, 3.63) is 40.4 Å². The van der Waals surface area contributed by atoms with Crippen molar-refractivity contribution >= 4 is 40.2 Å². The van der Waals surface area contributed by atoms with Crippen LogP contribution in [0.25, 0.3) is 0 Å². The Morgan fingerprint density at radius 3 is 2.92 bits per heavy atom. The van der Waals surface area contributed by atoms with Gasteiger partial charge in [0.2, 0.25) is 0 Å². The summed E-state index contributed by atoms with van der Waals surface area (Å²) < 4.78 is 4.88. The molecule has 1 aromatic carbocycles. The molecule has 0 saturated heterocycles. The molecule has 0 bridgehead atoms. The minimum absolute atomic E-state index is 0.0421. The summed E-state index contributed by atoms with van der Waals surface area (Å²) in [6, 6.07) is 7.73. The lowest BCUT2D eigenvalue weighted by Gasteiger charge is -2.26. The van der Waals surface area contributed by atoms with E-state index in [1.165, 1.54) is 11.3 Å². The van der Waals surface area contributed by atoms with Gasteiger partial charge in [-0.3, -0.25) is 10.1 Å². The number of fused-ring (bicyclic) bond motifs is 1. The molecule has 0 unspecified atom stereocenters. The van der Waals surface area contributed by atoms with Crippen molar-refractivity contribution < 1.29 is 14.3 Å². The van der Waals surface area contributed by atoms with E-state index < -0.39 is 6.09 Å². The fourth-order valence-corrected chi connectivity index (χ4v) is 4.58. The molecule has 2 heterocycles. The first-order valence-electron chi connectivity index (χ1n) is 8.55. The molecule has 26 heavy (non-hydrogen) atoms. The van der Waals surface area contributed by atoms with Crippen LogP contribution in [0.1, 0.15) is 34.8 Å². The minimum Gasteiger partial charge on any atom is -0.450 e. The van der Waals surface area contributed by atoms with E-state index in [2.05, 4.69) is 17.2 Å². The molecule has 8 heteroatoms. The Hall–Kier alpha value is -2.06. The SMILES string of the molecule is CCOC(=O)Nc1nc2c(s1)CN(C(=O)c1ccccc1SCC)CC2. The van der Waals surface area contributed by atoms with Crippen LogP contribution in [-0.4, -0.2) is 40.8 Å². The number of anilines is 1. The van der Waals surface area contributed by atoms with E-state index in [9.17, 15) is 9.59 Å². The van der Waals surface area contributed by atoms with Crippen LogP contribution in [0.5, 0.6) is 0 Å². The number of aromatic nitrogens is 1. The van der Waals surface area contributed by atoms with Gasteiger partial charge in [-0.2, -0.15) is 0 Å². The van der Waals surface area contributed by atoms with Gasteiger partial charge in [0.1, 0.15) is 0 Å². The number of carbonyl (C=O) groups excluding carboxylic acids is 2. The summed E-state index contributed by atoms with van der Waals surface area (Å²) >= 11 is 3.07. The highest BCUT2D eigenvalue weighted by Crippen LogP contribution is 2.30. The van der Waals surface area contributed by atoms with Gasteiger partial charge in [-0.15, -0.1) is 11.8 Å². The van der Waals surface area contributed by atoms with E-state index in [0.717, 1.165) is 26.8 Å². The summed E-state index contributed by atoms with van der Waals surface area (Å²) in [6.07, 6.45) is 0.183. The van der Waals surface area contributed by atoms with Crippen LogP contribution < -0.4 is 5.32 Å². The van der Waals surface area contributed by atoms with E-state index in [1.807, 2.05) is 29.2 Å². The summed E-state index contributed by atoms with van der Waals surface area (Å²) in [6.45, 7) is 5.29. The molecular formula is C18H21N3O3S2. The molecule has 0 radical (unpaired) electrons. The molecule has 2 amide bonds. The van der Waals surface area contributed by atoms with Crippen LogP contribution in [-0.2, 0) is 17.7 Å². The second-order valence-corrected chi connectivity index (χ2v) is 8.03. The van der Waals surface area contributed by atoms with Crippen LogP contribution in [0.3, 0.4) is 0 Å². The molecular weight excluding hydrogens is 370 g/mol. The second-order valence-electron chi connectivity index (χ2n) is 5.64. The maximum Gasteiger partial charge on any atom is 0.413 e. The highest BCUT2D eigenvalue weighted by molar-refractivity contribution is 7.99. The number of thiazole rings is 1. The third-order valence-electron chi connectivity index (χ3n) is 3.92. The van der Waals surface area contributed by atoms with Crippen molar-refractivity contribution in [3.63, 3.8) is 0 Å². The molecule has 1 aliphatic rings. The van der Waals surface area contributed by atoms with Gasteiger partial charge in [0.25, 0.3) is 5.91 Å². The standard InChI is InChI=1S/C18H21N3O3S2/c1-3-24-18(23)20-17-19-13-9-10-21(11-15(13)26-17)16(22)12-7-5-6-8-14(12)25-4-2/h5-8H,3-4,9-11H2,1-2H3,(H,19,20,23). The molecule has 0 aliphatic carbocycles. The lowest BCUT2D eigenvalue weighted by Crippen LogP contribution is -2.35. The normalized spacial score (nSPS) is 13.2. The fourth-order valence-electron chi connectivity index (χ4n) is 2.77. The smallest absolute Gasteiger partial charge is 0.413 e. The monoisotopic (exact) mass is 391 g/mol. The number of nitrogens with zero attached hydrogens (tertiary/aromatic N) is 2. The number of hydrogen-bond acceptors (Lipinski definition) is 6. The quantitative estimate of drug-likeness (QED) is 0.780. The number of rotatable bonds is 5. The molecule has 0 spiro atoms. The first kappa shape index (κ1) is 18.7. The number of amides is 2. The fraction of sp³-hybridized carbons (Fsp3) is 0.389. The van der Waals surface area contributed by atoms with Gasteiger partial charge in [0, 0.05) is 22.7 Å². The van der Waals surface area contributed by atoms with Gasteiger partial charge < -0.3 is 9.64 Å². The zero-order valence-electron chi connectivity index (χ0n) is 14.8. The topological polar surface area (TPSA) is 71.5 Å². The van der Waals surface area contributed by atoms with Crippen LogP contribution in [0.4, 0.5) is 9.93 Å². The first-order chi connectivity index (χ1) is 12.6. The van der Waals surface area contributed by atoms with E-state index in [4.69, 9.17) is 4.74 Å². The predicted molar refractivity (Wildman–Crippen MR) is 104 cm³/mol. The van der Waals surface area contributed by atoms with E-state index in [-0.39, 0.29) is 5.91 Å². The Labute approximate surface area is 160 Å². The average Bonchev–Trinajstić information content (AvgIpc) is 3.03. The van der Waals surface area contributed by atoms with Crippen LogP contribution in [0.2, 0.25) is 0 Å². The maximum absolute atomic E-state index is 13.0. The van der Waals surface area contributed by atoms with E-state index in [0.29, 0.717) is 31.2 Å². The van der Waals surface area contributed by atoms with E-state index >= 15 is 0 Å². The summed E-state index contributed by atoms with van der Waals surface area (Å²) in [5.74, 6) is 0.965. The second kappa shape index (κ2) is 8.55. The number of thioether (sulfide) groups is 1. The molecule has 0 atom stereocenters. The molecule has 0 saturated carbocycles. The summed E-state index contributed by atoms with van der Waals surface area (Å²) in [4.78, 5) is 32.9. The highest BCUT2D eigenvalue weighted by Gasteiger charge is 2.26. The van der Waals surface area contributed by atoms with Gasteiger partial charge in [0.05, 0.1) is 24.4 Å². The molecule has 1 N–H and O–H groups in total. The largest absolute Gasteiger partial charge is 0.450 e. The van der Waals surface area contributed by atoms with Crippen LogP contribution in [0, 0.1) is 0 Å².